The second-order valence-corrected chi connectivity index (χ2v) is 9.45. The molecular formula is C27H31N5O3S. The normalized spacial score (nSPS) is 15.1. The molecule has 9 heteroatoms. The van der Waals surface area contributed by atoms with Crippen molar-refractivity contribution in [3.8, 4) is 5.75 Å². The van der Waals surface area contributed by atoms with E-state index in [9.17, 15) is 9.59 Å². The maximum absolute atomic E-state index is 13.4. The Morgan fingerprint density at radius 3 is 2.69 bits per heavy atom. The molecule has 36 heavy (non-hydrogen) atoms. The minimum absolute atomic E-state index is 0.00712. The highest BCUT2D eigenvalue weighted by Gasteiger charge is 2.35. The van der Waals surface area contributed by atoms with Gasteiger partial charge in [-0.25, -0.2) is 0 Å². The van der Waals surface area contributed by atoms with Gasteiger partial charge in [0.2, 0.25) is 5.91 Å². The maximum Gasteiger partial charge on any atom is 0.254 e. The van der Waals surface area contributed by atoms with Crippen molar-refractivity contribution in [2.75, 3.05) is 24.2 Å². The minimum atomic E-state index is -0.170. The summed E-state index contributed by atoms with van der Waals surface area (Å²) in [5, 5.41) is 12.3. The summed E-state index contributed by atoms with van der Waals surface area (Å²) in [5.74, 6) is 1.53. The molecule has 2 amide bonds. The van der Waals surface area contributed by atoms with Gasteiger partial charge >= 0.3 is 0 Å². The number of likely N-dealkylation sites (tertiary alicyclic amines) is 1. The number of allylic oxidation sites excluding steroid dienone is 1. The first-order valence-corrected chi connectivity index (χ1v) is 13.1. The highest BCUT2D eigenvalue weighted by Crippen LogP contribution is 2.34. The van der Waals surface area contributed by atoms with Crippen molar-refractivity contribution in [2.45, 2.75) is 44.4 Å². The van der Waals surface area contributed by atoms with Gasteiger partial charge in [0.25, 0.3) is 5.91 Å². The van der Waals surface area contributed by atoms with Gasteiger partial charge in [0.05, 0.1) is 18.4 Å². The number of ether oxygens (including phenoxy) is 1. The zero-order chi connectivity index (χ0) is 25.5. The first kappa shape index (κ1) is 25.5. The number of thioether (sulfide) groups is 1. The predicted octanol–water partition coefficient (Wildman–Crippen LogP) is 4.88. The largest absolute Gasteiger partial charge is 0.494 e. The molecule has 1 saturated heterocycles. The van der Waals surface area contributed by atoms with Crippen LogP contribution in [0.4, 0.5) is 5.69 Å². The summed E-state index contributed by atoms with van der Waals surface area (Å²) in [6.07, 6.45) is 3.49. The van der Waals surface area contributed by atoms with E-state index >= 15 is 0 Å². The number of amides is 2. The lowest BCUT2D eigenvalue weighted by atomic mass is 10.1. The Hall–Kier alpha value is -3.59. The van der Waals surface area contributed by atoms with Crippen LogP contribution in [-0.2, 0) is 11.3 Å². The first-order valence-electron chi connectivity index (χ1n) is 12.1. The molecule has 4 rings (SSSR count). The molecular weight excluding hydrogens is 474 g/mol. The number of hydrogen-bond acceptors (Lipinski definition) is 6. The molecule has 1 aliphatic rings. The highest BCUT2D eigenvalue weighted by molar-refractivity contribution is 7.99. The number of nitrogens with zero attached hydrogens (tertiary/aromatic N) is 4. The standard InChI is InChI=1S/C27H31N5O3S/c1-4-16-32-25(23-11-8-17-31(23)26(34)22-10-7-6-9-19(22)3)29-30-27(32)36-18-24(33)28-20-12-14-21(15-13-20)35-5-2/h4,6-7,9-10,12-15,23H,1,5,8,11,16-18H2,2-3H3,(H,28,33). The third kappa shape index (κ3) is 5.79. The summed E-state index contributed by atoms with van der Waals surface area (Å²) in [7, 11) is 0. The molecule has 0 bridgehead atoms. The summed E-state index contributed by atoms with van der Waals surface area (Å²) >= 11 is 1.32. The van der Waals surface area contributed by atoms with Crippen LogP contribution in [0, 0.1) is 6.92 Å². The minimum Gasteiger partial charge on any atom is -0.494 e. The van der Waals surface area contributed by atoms with E-state index in [2.05, 4.69) is 22.1 Å². The number of hydrogen-bond donors (Lipinski definition) is 1. The Morgan fingerprint density at radius 2 is 1.97 bits per heavy atom. The Bertz CT molecular complexity index is 1220. The average Bonchev–Trinajstić information content (AvgIpc) is 3.51. The molecule has 2 aromatic carbocycles. The number of aryl methyl sites for hydroxylation is 1. The zero-order valence-corrected chi connectivity index (χ0v) is 21.5. The van der Waals surface area contributed by atoms with Crippen molar-refractivity contribution in [3.05, 3.63) is 78.1 Å². The fraction of sp³-hybridized carbons (Fsp3) is 0.333. The summed E-state index contributed by atoms with van der Waals surface area (Å²) in [6.45, 7) is 9.51. The number of nitrogens with one attached hydrogen (secondary N) is 1. The molecule has 2 heterocycles. The van der Waals surface area contributed by atoms with Crippen LogP contribution in [-0.4, -0.2) is 50.4 Å². The maximum atomic E-state index is 13.4. The second-order valence-electron chi connectivity index (χ2n) is 8.51. The van der Waals surface area contributed by atoms with Crippen LogP contribution in [0.5, 0.6) is 5.75 Å². The zero-order valence-electron chi connectivity index (χ0n) is 20.6. The van der Waals surface area contributed by atoms with Gasteiger partial charge in [0.1, 0.15) is 5.75 Å². The third-order valence-electron chi connectivity index (χ3n) is 6.03. The average molecular weight is 506 g/mol. The predicted molar refractivity (Wildman–Crippen MR) is 141 cm³/mol. The smallest absolute Gasteiger partial charge is 0.254 e. The molecule has 1 aromatic heterocycles. The second kappa shape index (κ2) is 11.9. The van der Waals surface area contributed by atoms with Crippen LogP contribution >= 0.6 is 11.8 Å². The molecule has 0 saturated carbocycles. The molecule has 0 aliphatic carbocycles. The van der Waals surface area contributed by atoms with Gasteiger partial charge in [-0.2, -0.15) is 0 Å². The molecule has 8 nitrogen and oxygen atoms in total. The SMILES string of the molecule is C=CCn1c(SCC(=O)Nc2ccc(OCC)cc2)nnc1C1CCCN1C(=O)c1ccccc1C. The Morgan fingerprint density at radius 1 is 1.19 bits per heavy atom. The fourth-order valence-corrected chi connectivity index (χ4v) is 5.08. The summed E-state index contributed by atoms with van der Waals surface area (Å²) in [4.78, 5) is 27.8. The molecule has 1 aliphatic heterocycles. The first-order chi connectivity index (χ1) is 17.5. The monoisotopic (exact) mass is 505 g/mol. The lowest BCUT2D eigenvalue weighted by Crippen LogP contribution is -2.32. The molecule has 1 atom stereocenters. The molecule has 188 valence electrons. The third-order valence-corrected chi connectivity index (χ3v) is 6.99. The Kier molecular flexibility index (Phi) is 8.43. The van der Waals surface area contributed by atoms with Gasteiger partial charge in [-0.15, -0.1) is 16.8 Å². The number of carbonyl (C=O) groups excluding carboxylic acids is 2. The summed E-state index contributed by atoms with van der Waals surface area (Å²) in [6, 6.07) is 14.7. The number of aromatic nitrogens is 3. The van der Waals surface area contributed by atoms with E-state index in [0.717, 1.165) is 30.0 Å². The van der Waals surface area contributed by atoms with Gasteiger partial charge in [-0.3, -0.25) is 9.59 Å². The van der Waals surface area contributed by atoms with Crippen molar-refractivity contribution < 1.29 is 14.3 Å². The van der Waals surface area contributed by atoms with E-state index in [0.29, 0.717) is 36.1 Å². The molecule has 1 unspecified atom stereocenters. The van der Waals surface area contributed by atoms with Gasteiger partial charge in [-0.1, -0.05) is 36.0 Å². The van der Waals surface area contributed by atoms with E-state index in [-0.39, 0.29) is 23.6 Å². The van der Waals surface area contributed by atoms with Crippen molar-refractivity contribution in [3.63, 3.8) is 0 Å². The topological polar surface area (TPSA) is 89.3 Å². The van der Waals surface area contributed by atoms with Gasteiger partial charge < -0.3 is 19.5 Å². The van der Waals surface area contributed by atoms with E-state index < -0.39 is 0 Å². The molecule has 0 spiro atoms. The fourth-order valence-electron chi connectivity index (χ4n) is 4.33. The van der Waals surface area contributed by atoms with Gasteiger partial charge in [0, 0.05) is 24.3 Å². The van der Waals surface area contributed by atoms with Crippen LogP contribution in [0.15, 0.2) is 66.3 Å². The number of benzene rings is 2. The van der Waals surface area contributed by atoms with Crippen LogP contribution in [0.3, 0.4) is 0 Å². The Balaban J connectivity index is 1.45. The van der Waals surface area contributed by atoms with Crippen LogP contribution in [0.25, 0.3) is 0 Å². The lowest BCUT2D eigenvalue weighted by molar-refractivity contribution is -0.113. The highest BCUT2D eigenvalue weighted by atomic mass is 32.2. The van der Waals surface area contributed by atoms with E-state index in [1.54, 1.807) is 6.08 Å². The van der Waals surface area contributed by atoms with Crippen LogP contribution < -0.4 is 10.1 Å². The molecule has 0 radical (unpaired) electrons. The summed E-state index contributed by atoms with van der Waals surface area (Å²) < 4.78 is 7.39. The van der Waals surface area contributed by atoms with Gasteiger partial charge in [0.15, 0.2) is 11.0 Å². The quantitative estimate of drug-likeness (QED) is 0.312. The number of carbonyl (C=O) groups is 2. The van der Waals surface area contributed by atoms with E-state index in [1.807, 2.05) is 71.8 Å². The Labute approximate surface area is 215 Å². The van der Waals surface area contributed by atoms with Crippen LogP contribution in [0.2, 0.25) is 0 Å². The van der Waals surface area contributed by atoms with Gasteiger partial charge in [-0.05, 0) is 62.6 Å². The van der Waals surface area contributed by atoms with E-state index in [1.165, 1.54) is 11.8 Å². The van der Waals surface area contributed by atoms with Crippen molar-refractivity contribution in [1.29, 1.82) is 0 Å². The molecule has 3 aromatic rings. The van der Waals surface area contributed by atoms with Crippen molar-refractivity contribution in [2.24, 2.45) is 0 Å². The van der Waals surface area contributed by atoms with E-state index in [4.69, 9.17) is 4.74 Å². The van der Waals surface area contributed by atoms with Crippen molar-refractivity contribution in [1.82, 2.24) is 19.7 Å². The number of anilines is 1. The number of rotatable bonds is 10. The molecule has 1 fully saturated rings. The summed E-state index contributed by atoms with van der Waals surface area (Å²) in [5.41, 5.74) is 2.36. The molecule has 1 N–H and O–H groups in total. The van der Waals surface area contributed by atoms with Crippen LogP contribution in [0.1, 0.15) is 47.6 Å². The lowest BCUT2D eigenvalue weighted by Gasteiger charge is -2.25. The van der Waals surface area contributed by atoms with Crippen molar-refractivity contribution >= 4 is 29.3 Å².